The molecule has 0 aliphatic carbocycles. The van der Waals surface area contributed by atoms with Crippen LogP contribution in [-0.2, 0) is 11.3 Å². The summed E-state index contributed by atoms with van der Waals surface area (Å²) in [6, 6.07) is 11.3. The van der Waals surface area contributed by atoms with Crippen LogP contribution in [0.2, 0.25) is 0 Å². The van der Waals surface area contributed by atoms with E-state index in [9.17, 15) is 4.79 Å². The number of aromatic nitrogens is 4. The Morgan fingerprint density at radius 1 is 1.23 bits per heavy atom. The Hall–Kier alpha value is -3.00. The van der Waals surface area contributed by atoms with Crippen molar-refractivity contribution in [2.24, 2.45) is 5.92 Å². The molecule has 1 atom stereocenters. The Bertz CT molecular complexity index is 1180. The number of hydrogen-bond donors (Lipinski definition) is 1. The Kier molecular flexibility index (Phi) is 5.67. The predicted octanol–water partition coefficient (Wildman–Crippen LogP) is 4.67. The third kappa shape index (κ3) is 3.87. The van der Waals surface area contributed by atoms with Gasteiger partial charge < -0.3 is 14.4 Å². The number of para-hydroxylation sites is 1. The maximum atomic E-state index is 12.9. The van der Waals surface area contributed by atoms with Gasteiger partial charge in [-0.25, -0.2) is 0 Å². The van der Waals surface area contributed by atoms with E-state index in [1.165, 1.54) is 0 Å². The second kappa shape index (κ2) is 8.39. The summed E-state index contributed by atoms with van der Waals surface area (Å²) in [5.41, 5.74) is 2.78. The second-order valence-electron chi connectivity index (χ2n) is 7.49. The number of nitrogens with one attached hydrogen (secondary N) is 1. The molecule has 4 rings (SSSR count). The molecular weight excluding hydrogens is 446 g/mol. The third-order valence-corrected chi connectivity index (χ3v) is 6.07. The minimum atomic E-state index is -0.388. The number of fused-ring (bicyclic) bond motifs is 1. The normalized spacial score (nSPS) is 12.4. The molecule has 0 aliphatic rings. The molecule has 0 bridgehead atoms. The van der Waals surface area contributed by atoms with Gasteiger partial charge in [0.05, 0.1) is 0 Å². The monoisotopic (exact) mass is 467 g/mol. The summed E-state index contributed by atoms with van der Waals surface area (Å²) in [6.07, 6.45) is 3.36. The summed E-state index contributed by atoms with van der Waals surface area (Å²) in [6.45, 7) is 6.21. The third-order valence-electron chi connectivity index (χ3n) is 5.07. The van der Waals surface area contributed by atoms with Crippen LogP contribution in [0.1, 0.15) is 31.5 Å². The van der Waals surface area contributed by atoms with E-state index in [0.29, 0.717) is 11.7 Å². The molecule has 1 N–H and O–H groups in total. The molecule has 0 spiro atoms. The highest BCUT2D eigenvalue weighted by Crippen LogP contribution is 2.30. The Morgan fingerprint density at radius 2 is 2.03 bits per heavy atom. The second-order valence-corrected chi connectivity index (χ2v) is 8.28. The summed E-state index contributed by atoms with van der Waals surface area (Å²) >= 11 is 3.64. The van der Waals surface area contributed by atoms with Gasteiger partial charge in [0.15, 0.2) is 0 Å². The molecule has 154 valence electrons. The van der Waals surface area contributed by atoms with Crippen molar-refractivity contribution in [3.05, 3.63) is 64.8 Å². The number of pyridine rings is 1. The van der Waals surface area contributed by atoms with Crippen LogP contribution in [0.15, 0.2) is 57.8 Å². The number of halogens is 1. The van der Waals surface area contributed by atoms with Crippen LogP contribution in [-0.4, -0.2) is 25.6 Å². The standard InChI is InChI=1S/C22H22BrN5O2/c1-13(2)20(22-26-21(27-30-22)15-7-6-10-24-11-15)25-18(29)12-28-14(3)19(23)16-8-4-5-9-17(16)28/h4-11,13,20H,12H2,1-3H3,(H,25,29). The quantitative estimate of drug-likeness (QED) is 0.445. The van der Waals surface area contributed by atoms with Crippen molar-refractivity contribution in [1.82, 2.24) is 25.0 Å². The lowest BCUT2D eigenvalue weighted by Gasteiger charge is -2.19. The summed E-state index contributed by atoms with van der Waals surface area (Å²) in [5.74, 6) is 0.790. The minimum absolute atomic E-state index is 0.0744. The Balaban J connectivity index is 1.56. The fourth-order valence-electron chi connectivity index (χ4n) is 3.44. The van der Waals surface area contributed by atoms with Gasteiger partial charge in [-0.2, -0.15) is 4.98 Å². The zero-order chi connectivity index (χ0) is 21.3. The number of benzene rings is 1. The number of carbonyl (C=O) groups is 1. The first kappa shape index (κ1) is 20.3. The predicted molar refractivity (Wildman–Crippen MR) is 118 cm³/mol. The molecule has 0 radical (unpaired) electrons. The van der Waals surface area contributed by atoms with E-state index in [1.807, 2.05) is 61.7 Å². The van der Waals surface area contributed by atoms with Crippen LogP contribution >= 0.6 is 15.9 Å². The molecule has 1 aromatic carbocycles. The minimum Gasteiger partial charge on any atom is -0.342 e. The summed E-state index contributed by atoms with van der Waals surface area (Å²) in [7, 11) is 0. The number of amides is 1. The molecule has 0 saturated heterocycles. The van der Waals surface area contributed by atoms with Gasteiger partial charge in [-0.1, -0.05) is 37.2 Å². The largest absolute Gasteiger partial charge is 0.342 e. The van der Waals surface area contributed by atoms with Crippen molar-refractivity contribution in [2.45, 2.75) is 33.4 Å². The SMILES string of the molecule is Cc1c(Br)c2ccccc2n1CC(=O)NC(c1nc(-c2cccnc2)no1)C(C)C. The molecule has 0 aliphatic heterocycles. The smallest absolute Gasteiger partial charge is 0.249 e. The summed E-state index contributed by atoms with van der Waals surface area (Å²) in [5, 5.41) is 8.20. The number of rotatable bonds is 6. The topological polar surface area (TPSA) is 85.8 Å². The molecule has 1 amide bonds. The highest BCUT2D eigenvalue weighted by Gasteiger charge is 2.25. The van der Waals surface area contributed by atoms with Crippen molar-refractivity contribution >= 4 is 32.7 Å². The van der Waals surface area contributed by atoms with Crippen LogP contribution in [0.5, 0.6) is 0 Å². The van der Waals surface area contributed by atoms with Crippen LogP contribution < -0.4 is 5.32 Å². The Morgan fingerprint density at radius 3 is 2.77 bits per heavy atom. The highest BCUT2D eigenvalue weighted by molar-refractivity contribution is 9.10. The first-order valence-electron chi connectivity index (χ1n) is 9.72. The molecule has 8 heteroatoms. The van der Waals surface area contributed by atoms with Gasteiger partial charge in [-0.3, -0.25) is 9.78 Å². The molecule has 3 aromatic heterocycles. The van der Waals surface area contributed by atoms with Crippen molar-refractivity contribution < 1.29 is 9.32 Å². The fraction of sp³-hybridized carbons (Fsp3) is 0.273. The molecule has 0 saturated carbocycles. The molecule has 0 fully saturated rings. The van der Waals surface area contributed by atoms with E-state index in [0.717, 1.165) is 26.6 Å². The van der Waals surface area contributed by atoms with Crippen molar-refractivity contribution in [1.29, 1.82) is 0 Å². The lowest BCUT2D eigenvalue weighted by molar-refractivity contribution is -0.122. The van der Waals surface area contributed by atoms with Crippen LogP contribution in [0.4, 0.5) is 0 Å². The summed E-state index contributed by atoms with van der Waals surface area (Å²) < 4.78 is 8.48. The van der Waals surface area contributed by atoms with Gasteiger partial charge in [0.25, 0.3) is 0 Å². The maximum Gasteiger partial charge on any atom is 0.249 e. The molecule has 4 aromatic rings. The van der Waals surface area contributed by atoms with E-state index in [4.69, 9.17) is 4.52 Å². The average Bonchev–Trinajstić information content (AvgIpc) is 3.33. The highest BCUT2D eigenvalue weighted by atomic mass is 79.9. The molecule has 30 heavy (non-hydrogen) atoms. The van der Waals surface area contributed by atoms with Gasteiger partial charge in [-0.05, 0) is 47.0 Å². The first-order chi connectivity index (χ1) is 14.5. The van der Waals surface area contributed by atoms with Gasteiger partial charge in [0, 0.05) is 39.0 Å². The first-order valence-corrected chi connectivity index (χ1v) is 10.5. The molecule has 3 heterocycles. The summed E-state index contributed by atoms with van der Waals surface area (Å²) in [4.78, 5) is 21.5. The van der Waals surface area contributed by atoms with Crippen LogP contribution in [0, 0.1) is 12.8 Å². The van der Waals surface area contributed by atoms with Gasteiger partial charge in [0.2, 0.25) is 17.6 Å². The molecule has 1 unspecified atom stereocenters. The van der Waals surface area contributed by atoms with E-state index in [1.54, 1.807) is 12.4 Å². The zero-order valence-corrected chi connectivity index (χ0v) is 18.5. The molecule has 7 nitrogen and oxygen atoms in total. The zero-order valence-electron chi connectivity index (χ0n) is 17.0. The van der Waals surface area contributed by atoms with Crippen LogP contribution in [0.25, 0.3) is 22.3 Å². The molecular formula is C22H22BrN5O2. The van der Waals surface area contributed by atoms with Crippen LogP contribution in [0.3, 0.4) is 0 Å². The number of nitrogens with zero attached hydrogens (tertiary/aromatic N) is 4. The van der Waals surface area contributed by atoms with E-state index >= 15 is 0 Å². The van der Waals surface area contributed by atoms with E-state index in [2.05, 4.69) is 36.4 Å². The lowest BCUT2D eigenvalue weighted by Crippen LogP contribution is -2.34. The maximum absolute atomic E-state index is 12.9. The van der Waals surface area contributed by atoms with Gasteiger partial charge >= 0.3 is 0 Å². The van der Waals surface area contributed by atoms with E-state index in [-0.39, 0.29) is 24.4 Å². The number of hydrogen-bond acceptors (Lipinski definition) is 5. The van der Waals surface area contributed by atoms with E-state index < -0.39 is 0 Å². The van der Waals surface area contributed by atoms with Crippen molar-refractivity contribution in [3.63, 3.8) is 0 Å². The number of carbonyl (C=O) groups excluding carboxylic acids is 1. The van der Waals surface area contributed by atoms with Gasteiger partial charge in [-0.15, -0.1) is 0 Å². The average molecular weight is 468 g/mol. The Labute approximate surface area is 182 Å². The van der Waals surface area contributed by atoms with Crippen molar-refractivity contribution in [2.75, 3.05) is 0 Å². The fourth-order valence-corrected chi connectivity index (χ4v) is 3.99. The van der Waals surface area contributed by atoms with Gasteiger partial charge in [0.1, 0.15) is 12.6 Å². The van der Waals surface area contributed by atoms with Crippen molar-refractivity contribution in [3.8, 4) is 11.4 Å². The lowest BCUT2D eigenvalue weighted by atomic mass is 10.0.